The van der Waals surface area contributed by atoms with E-state index in [1.165, 1.54) is 7.11 Å². The summed E-state index contributed by atoms with van der Waals surface area (Å²) in [5.41, 5.74) is 1.60. The fourth-order valence-electron chi connectivity index (χ4n) is 3.00. The average Bonchev–Trinajstić information content (AvgIpc) is 2.95. The van der Waals surface area contributed by atoms with Crippen LogP contribution in [0.2, 0.25) is 0 Å². The summed E-state index contributed by atoms with van der Waals surface area (Å²) < 4.78 is 12.9. The normalized spacial score (nSPS) is 11.2. The van der Waals surface area contributed by atoms with Gasteiger partial charge in [0.15, 0.2) is 5.76 Å². The number of benzene rings is 2. The molecule has 4 rings (SSSR count). The number of aryl methyl sites for hydroxylation is 1. The number of aromatic hydroxyl groups is 1. The minimum atomic E-state index is -0.474. The fourth-order valence-corrected chi connectivity index (χ4v) is 3.00. The highest BCUT2D eigenvalue weighted by molar-refractivity contribution is 5.97. The number of fused-ring (bicyclic) bond motifs is 2. The highest BCUT2D eigenvalue weighted by Gasteiger charge is 2.19. The lowest BCUT2D eigenvalue weighted by Gasteiger charge is -2.06. The van der Waals surface area contributed by atoms with Crippen molar-refractivity contribution in [2.24, 2.45) is 7.05 Å². The van der Waals surface area contributed by atoms with Crippen molar-refractivity contribution in [2.45, 2.75) is 0 Å². The molecule has 0 atom stereocenters. The molecule has 2 aromatic carbocycles. The molecule has 0 radical (unpaired) electrons. The minimum Gasteiger partial charge on any atom is -0.502 e. The van der Waals surface area contributed by atoms with Crippen LogP contribution in [-0.2, 0) is 7.05 Å². The van der Waals surface area contributed by atoms with Crippen LogP contribution >= 0.6 is 0 Å². The molecule has 5 heteroatoms. The molecule has 2 aromatic heterocycles. The zero-order valence-electron chi connectivity index (χ0n) is 13.2. The maximum Gasteiger partial charge on any atom is 0.235 e. The zero-order chi connectivity index (χ0) is 16.8. The quantitative estimate of drug-likeness (QED) is 0.612. The number of aromatic nitrogens is 1. The third-order valence-electron chi connectivity index (χ3n) is 4.22. The molecule has 0 aliphatic heterocycles. The molecular weight excluding hydrogens is 306 g/mol. The molecule has 2 heterocycles. The van der Waals surface area contributed by atoms with E-state index in [2.05, 4.69) is 0 Å². The molecule has 120 valence electrons. The van der Waals surface area contributed by atoms with Gasteiger partial charge in [-0.2, -0.15) is 0 Å². The Morgan fingerprint density at radius 1 is 1.12 bits per heavy atom. The van der Waals surface area contributed by atoms with Crippen LogP contribution in [0, 0.1) is 0 Å². The van der Waals surface area contributed by atoms with E-state index in [4.69, 9.17) is 9.15 Å². The highest BCUT2D eigenvalue weighted by Crippen LogP contribution is 2.36. The number of methoxy groups -OCH3 is 1. The van der Waals surface area contributed by atoms with Gasteiger partial charge in [-0.25, -0.2) is 0 Å². The molecule has 24 heavy (non-hydrogen) atoms. The number of nitrogens with zero attached hydrogens (tertiary/aromatic N) is 1. The zero-order valence-corrected chi connectivity index (χ0v) is 13.2. The van der Waals surface area contributed by atoms with Crippen molar-refractivity contribution in [1.82, 2.24) is 4.57 Å². The van der Waals surface area contributed by atoms with Crippen molar-refractivity contribution in [3.8, 4) is 22.8 Å². The molecule has 0 saturated carbocycles. The van der Waals surface area contributed by atoms with E-state index < -0.39 is 11.2 Å². The lowest BCUT2D eigenvalue weighted by Crippen LogP contribution is -2.02. The summed E-state index contributed by atoms with van der Waals surface area (Å²) in [6.07, 6.45) is 1.85. The summed E-state index contributed by atoms with van der Waals surface area (Å²) in [5, 5.41) is 11.6. The molecular formula is C19H15NO4. The minimum absolute atomic E-state index is 0.175. The molecule has 1 N–H and O–H groups in total. The van der Waals surface area contributed by atoms with Gasteiger partial charge in [-0.1, -0.05) is 18.2 Å². The van der Waals surface area contributed by atoms with E-state index in [0.717, 1.165) is 10.9 Å². The van der Waals surface area contributed by atoms with Crippen molar-refractivity contribution >= 4 is 21.9 Å². The largest absolute Gasteiger partial charge is 0.502 e. The van der Waals surface area contributed by atoms with Gasteiger partial charge in [-0.15, -0.1) is 0 Å². The van der Waals surface area contributed by atoms with Gasteiger partial charge in [0.2, 0.25) is 11.2 Å². The second kappa shape index (κ2) is 5.16. The van der Waals surface area contributed by atoms with Gasteiger partial charge in [0.25, 0.3) is 0 Å². The van der Waals surface area contributed by atoms with Crippen LogP contribution in [-0.4, -0.2) is 16.8 Å². The van der Waals surface area contributed by atoms with Gasteiger partial charge >= 0.3 is 0 Å². The van der Waals surface area contributed by atoms with Crippen LogP contribution in [0.3, 0.4) is 0 Å². The topological polar surface area (TPSA) is 64.6 Å². The first-order valence-electron chi connectivity index (χ1n) is 7.48. The number of hydrogen-bond acceptors (Lipinski definition) is 4. The molecule has 0 aliphatic rings. The van der Waals surface area contributed by atoms with Crippen LogP contribution in [0.5, 0.6) is 11.5 Å². The van der Waals surface area contributed by atoms with E-state index >= 15 is 0 Å². The Hall–Kier alpha value is -3.21. The lowest BCUT2D eigenvalue weighted by atomic mass is 10.1. The Labute approximate surface area is 137 Å². The summed E-state index contributed by atoms with van der Waals surface area (Å²) in [5.74, 6) is 0.314. The van der Waals surface area contributed by atoms with Crippen molar-refractivity contribution in [1.29, 1.82) is 0 Å². The second-order valence-electron chi connectivity index (χ2n) is 5.64. The maximum absolute atomic E-state index is 12.6. The Balaban J connectivity index is 2.07. The van der Waals surface area contributed by atoms with Crippen LogP contribution in [0.25, 0.3) is 33.2 Å². The third-order valence-corrected chi connectivity index (χ3v) is 4.22. The molecule has 0 fully saturated rings. The monoisotopic (exact) mass is 321 g/mol. The van der Waals surface area contributed by atoms with E-state index in [-0.39, 0.29) is 11.1 Å². The van der Waals surface area contributed by atoms with Crippen LogP contribution in [0.1, 0.15) is 0 Å². The average molecular weight is 321 g/mol. The van der Waals surface area contributed by atoms with E-state index in [9.17, 15) is 9.90 Å². The lowest BCUT2D eigenvalue weighted by molar-refractivity contribution is 0.414. The van der Waals surface area contributed by atoms with Crippen LogP contribution in [0.4, 0.5) is 0 Å². The Morgan fingerprint density at radius 3 is 2.71 bits per heavy atom. The Kier molecular flexibility index (Phi) is 3.09. The number of ether oxygens (including phenoxy) is 1. The third kappa shape index (κ3) is 1.98. The number of hydrogen-bond donors (Lipinski definition) is 1. The molecule has 0 amide bonds. The van der Waals surface area contributed by atoms with Crippen LogP contribution in [0.15, 0.2) is 57.9 Å². The second-order valence-corrected chi connectivity index (χ2v) is 5.64. The van der Waals surface area contributed by atoms with Gasteiger partial charge in [-0.05, 0) is 24.3 Å². The summed E-state index contributed by atoms with van der Waals surface area (Å²) >= 11 is 0. The predicted molar refractivity (Wildman–Crippen MR) is 92.6 cm³/mol. The van der Waals surface area contributed by atoms with Crippen molar-refractivity contribution in [3.63, 3.8) is 0 Å². The standard InChI is InChI=1S/C19H15NO4/c1-20-10-14(12-5-3-4-6-15(12)20)19-18(22)17(21)13-9-11(23-2)7-8-16(13)24-19/h3-10,22H,1-2H3. The van der Waals surface area contributed by atoms with Crippen molar-refractivity contribution in [2.75, 3.05) is 7.11 Å². The molecule has 5 nitrogen and oxygen atoms in total. The van der Waals surface area contributed by atoms with Gasteiger partial charge in [0.05, 0.1) is 12.5 Å². The Bertz CT molecular complexity index is 1140. The van der Waals surface area contributed by atoms with Gasteiger partial charge in [0, 0.05) is 29.7 Å². The summed E-state index contributed by atoms with van der Waals surface area (Å²) in [6.45, 7) is 0. The molecule has 4 aromatic rings. The fraction of sp³-hybridized carbons (Fsp3) is 0.105. The first-order valence-corrected chi connectivity index (χ1v) is 7.48. The highest BCUT2D eigenvalue weighted by atomic mass is 16.5. The first-order chi connectivity index (χ1) is 11.6. The summed E-state index contributed by atoms with van der Waals surface area (Å²) in [7, 11) is 3.43. The molecule has 0 bridgehead atoms. The number of para-hydroxylation sites is 1. The summed E-state index contributed by atoms with van der Waals surface area (Å²) in [4.78, 5) is 12.6. The smallest absolute Gasteiger partial charge is 0.235 e. The summed E-state index contributed by atoms with van der Waals surface area (Å²) in [6, 6.07) is 12.7. The van der Waals surface area contributed by atoms with Crippen molar-refractivity contribution in [3.05, 3.63) is 58.9 Å². The Morgan fingerprint density at radius 2 is 1.92 bits per heavy atom. The molecule has 0 aliphatic carbocycles. The van der Waals surface area contributed by atoms with E-state index in [1.54, 1.807) is 18.2 Å². The van der Waals surface area contributed by atoms with Gasteiger partial charge in [0.1, 0.15) is 11.3 Å². The molecule has 0 unspecified atom stereocenters. The van der Waals surface area contributed by atoms with Crippen molar-refractivity contribution < 1.29 is 14.3 Å². The maximum atomic E-state index is 12.6. The SMILES string of the molecule is COc1ccc2oc(-c3cn(C)c4ccccc34)c(O)c(=O)c2c1. The van der Waals surface area contributed by atoms with Gasteiger partial charge in [-0.3, -0.25) is 4.79 Å². The van der Waals surface area contributed by atoms with E-state index in [1.807, 2.05) is 42.1 Å². The van der Waals surface area contributed by atoms with Crippen LogP contribution < -0.4 is 10.2 Å². The molecule has 0 saturated heterocycles. The van der Waals surface area contributed by atoms with E-state index in [0.29, 0.717) is 16.9 Å². The predicted octanol–water partition coefficient (Wildman–Crippen LogP) is 3.67. The number of rotatable bonds is 2. The first kappa shape index (κ1) is 14.4. The molecule has 0 spiro atoms. The van der Waals surface area contributed by atoms with Gasteiger partial charge < -0.3 is 18.8 Å².